The molecule has 5 nitrogen and oxygen atoms in total. The molecule has 1 N–H and O–H groups in total. The molecule has 3 rings (SSSR count). The molecule has 0 bridgehead atoms. The van der Waals surface area contributed by atoms with Gasteiger partial charge in [0.1, 0.15) is 0 Å². The number of piperazine rings is 1. The maximum absolute atomic E-state index is 12.3. The van der Waals surface area contributed by atoms with E-state index in [4.69, 9.17) is 0 Å². The summed E-state index contributed by atoms with van der Waals surface area (Å²) in [6.07, 6.45) is 0.904. The molecular formula is C20H28N4OS. The molecule has 0 spiro atoms. The van der Waals surface area contributed by atoms with Gasteiger partial charge in [0.05, 0.1) is 12.2 Å². The SMILES string of the molecule is CCc1nc(NC(=O)CN2CCN(Cc3ccccc3C)CC2)sc1C. The number of benzene rings is 1. The molecule has 6 heteroatoms. The lowest BCUT2D eigenvalue weighted by Crippen LogP contribution is -2.48. The van der Waals surface area contributed by atoms with Crippen LogP contribution < -0.4 is 5.32 Å². The number of aryl methyl sites for hydroxylation is 3. The van der Waals surface area contributed by atoms with Gasteiger partial charge < -0.3 is 5.32 Å². The number of carbonyl (C=O) groups is 1. The zero-order valence-corrected chi connectivity index (χ0v) is 16.7. The molecule has 1 aromatic carbocycles. The summed E-state index contributed by atoms with van der Waals surface area (Å²) in [4.78, 5) is 22.7. The second kappa shape index (κ2) is 8.75. The summed E-state index contributed by atoms with van der Waals surface area (Å²) in [7, 11) is 0. The Balaban J connectivity index is 1.44. The highest BCUT2D eigenvalue weighted by molar-refractivity contribution is 7.15. The minimum Gasteiger partial charge on any atom is -0.301 e. The van der Waals surface area contributed by atoms with Crippen molar-refractivity contribution in [3.05, 3.63) is 46.0 Å². The number of thiazole rings is 1. The molecule has 1 fully saturated rings. The fraction of sp³-hybridized carbons (Fsp3) is 0.500. The first-order valence-electron chi connectivity index (χ1n) is 9.30. The predicted molar refractivity (Wildman–Crippen MR) is 108 cm³/mol. The van der Waals surface area contributed by atoms with Crippen LogP contribution in [0.3, 0.4) is 0 Å². The van der Waals surface area contributed by atoms with Crippen molar-refractivity contribution in [2.75, 3.05) is 38.0 Å². The number of hydrogen-bond donors (Lipinski definition) is 1. The Bertz CT molecular complexity index is 750. The van der Waals surface area contributed by atoms with Gasteiger partial charge in [-0.15, -0.1) is 11.3 Å². The normalized spacial score (nSPS) is 16.0. The number of amides is 1. The average molecular weight is 373 g/mol. The molecule has 1 aromatic heterocycles. The highest BCUT2D eigenvalue weighted by atomic mass is 32.1. The lowest BCUT2D eigenvalue weighted by molar-refractivity contribution is -0.117. The van der Waals surface area contributed by atoms with Gasteiger partial charge >= 0.3 is 0 Å². The summed E-state index contributed by atoms with van der Waals surface area (Å²) < 4.78 is 0. The first-order valence-corrected chi connectivity index (χ1v) is 10.1. The van der Waals surface area contributed by atoms with E-state index in [1.165, 1.54) is 16.0 Å². The molecule has 1 aliphatic rings. The highest BCUT2D eigenvalue weighted by Crippen LogP contribution is 2.22. The van der Waals surface area contributed by atoms with Gasteiger partial charge in [0.2, 0.25) is 5.91 Å². The van der Waals surface area contributed by atoms with Gasteiger partial charge in [-0.2, -0.15) is 0 Å². The monoisotopic (exact) mass is 372 g/mol. The van der Waals surface area contributed by atoms with Gasteiger partial charge in [-0.05, 0) is 31.4 Å². The van der Waals surface area contributed by atoms with Crippen LogP contribution in [0.2, 0.25) is 0 Å². The lowest BCUT2D eigenvalue weighted by atomic mass is 10.1. The highest BCUT2D eigenvalue weighted by Gasteiger charge is 2.20. The number of aromatic nitrogens is 1. The molecule has 140 valence electrons. The largest absolute Gasteiger partial charge is 0.301 e. The van der Waals surface area contributed by atoms with Gasteiger partial charge in [0.25, 0.3) is 0 Å². The van der Waals surface area contributed by atoms with E-state index in [9.17, 15) is 4.79 Å². The van der Waals surface area contributed by atoms with E-state index >= 15 is 0 Å². The lowest BCUT2D eigenvalue weighted by Gasteiger charge is -2.34. The van der Waals surface area contributed by atoms with Crippen LogP contribution in [0.25, 0.3) is 0 Å². The van der Waals surface area contributed by atoms with Crippen LogP contribution in [-0.2, 0) is 17.8 Å². The van der Waals surface area contributed by atoms with Crippen LogP contribution in [0.5, 0.6) is 0 Å². The van der Waals surface area contributed by atoms with Crippen LogP contribution in [0.1, 0.15) is 28.6 Å². The summed E-state index contributed by atoms with van der Waals surface area (Å²) in [5.41, 5.74) is 3.82. The van der Waals surface area contributed by atoms with E-state index in [-0.39, 0.29) is 5.91 Å². The average Bonchev–Trinajstić information content (AvgIpc) is 2.97. The van der Waals surface area contributed by atoms with Gasteiger partial charge in [0.15, 0.2) is 5.13 Å². The first-order chi connectivity index (χ1) is 12.5. The maximum atomic E-state index is 12.3. The Morgan fingerprint density at radius 1 is 1.15 bits per heavy atom. The Kier molecular flexibility index (Phi) is 6.40. The van der Waals surface area contributed by atoms with Crippen molar-refractivity contribution in [3.8, 4) is 0 Å². The van der Waals surface area contributed by atoms with E-state index in [0.29, 0.717) is 6.54 Å². The van der Waals surface area contributed by atoms with E-state index in [0.717, 1.165) is 50.0 Å². The van der Waals surface area contributed by atoms with E-state index < -0.39 is 0 Å². The molecule has 0 atom stereocenters. The molecule has 0 saturated carbocycles. The number of carbonyl (C=O) groups excluding carboxylic acids is 1. The van der Waals surface area contributed by atoms with Crippen molar-refractivity contribution < 1.29 is 4.79 Å². The Hall–Kier alpha value is -1.76. The number of nitrogens with one attached hydrogen (secondary N) is 1. The smallest absolute Gasteiger partial charge is 0.240 e. The van der Waals surface area contributed by atoms with E-state index in [2.05, 4.69) is 65.1 Å². The molecular weight excluding hydrogens is 344 g/mol. The Labute approximate surface area is 160 Å². The van der Waals surface area contributed by atoms with Crippen molar-refractivity contribution in [2.24, 2.45) is 0 Å². The van der Waals surface area contributed by atoms with Crippen LogP contribution in [0.4, 0.5) is 5.13 Å². The predicted octanol–water partition coefficient (Wildman–Crippen LogP) is 3.08. The number of rotatable bonds is 6. The fourth-order valence-electron chi connectivity index (χ4n) is 3.31. The van der Waals surface area contributed by atoms with Crippen molar-refractivity contribution in [2.45, 2.75) is 33.7 Å². The minimum absolute atomic E-state index is 0.0359. The molecule has 1 amide bonds. The van der Waals surface area contributed by atoms with E-state index in [1.807, 2.05) is 0 Å². The zero-order chi connectivity index (χ0) is 18.5. The van der Waals surface area contributed by atoms with Crippen molar-refractivity contribution in [1.29, 1.82) is 0 Å². The van der Waals surface area contributed by atoms with Crippen molar-refractivity contribution in [3.63, 3.8) is 0 Å². The number of hydrogen-bond acceptors (Lipinski definition) is 5. The Morgan fingerprint density at radius 2 is 1.85 bits per heavy atom. The first kappa shape index (κ1) is 19.0. The van der Waals surface area contributed by atoms with Crippen molar-refractivity contribution in [1.82, 2.24) is 14.8 Å². The summed E-state index contributed by atoms with van der Waals surface area (Å²) in [5.74, 6) is 0.0359. The second-order valence-electron chi connectivity index (χ2n) is 6.90. The molecule has 0 unspecified atom stereocenters. The van der Waals surface area contributed by atoms with Crippen LogP contribution in [0.15, 0.2) is 24.3 Å². The standard InChI is InChI=1S/C20H28N4OS/c1-4-18-16(3)26-20(21-18)22-19(25)14-24-11-9-23(10-12-24)13-17-8-6-5-7-15(17)2/h5-8H,4,9-14H2,1-3H3,(H,21,22,25). The molecule has 26 heavy (non-hydrogen) atoms. The van der Waals surface area contributed by atoms with Crippen molar-refractivity contribution >= 4 is 22.4 Å². The number of nitrogens with zero attached hydrogens (tertiary/aromatic N) is 3. The fourth-order valence-corrected chi connectivity index (χ4v) is 4.22. The molecule has 0 aliphatic carbocycles. The van der Waals surface area contributed by atoms with Crippen LogP contribution in [0, 0.1) is 13.8 Å². The van der Waals surface area contributed by atoms with Gasteiger partial charge in [-0.3, -0.25) is 14.6 Å². The quantitative estimate of drug-likeness (QED) is 0.847. The summed E-state index contributed by atoms with van der Waals surface area (Å²) >= 11 is 1.56. The molecule has 2 aromatic rings. The third kappa shape index (κ3) is 4.90. The summed E-state index contributed by atoms with van der Waals surface area (Å²) in [6, 6.07) is 8.56. The second-order valence-corrected chi connectivity index (χ2v) is 8.11. The van der Waals surface area contributed by atoms with Gasteiger partial charge in [0, 0.05) is 37.6 Å². The van der Waals surface area contributed by atoms with Gasteiger partial charge in [-0.1, -0.05) is 31.2 Å². The molecule has 1 aliphatic heterocycles. The number of anilines is 1. The van der Waals surface area contributed by atoms with Gasteiger partial charge in [-0.25, -0.2) is 4.98 Å². The van der Waals surface area contributed by atoms with E-state index in [1.54, 1.807) is 11.3 Å². The van der Waals surface area contributed by atoms with Crippen LogP contribution >= 0.6 is 11.3 Å². The minimum atomic E-state index is 0.0359. The summed E-state index contributed by atoms with van der Waals surface area (Å²) in [6.45, 7) is 11.6. The Morgan fingerprint density at radius 3 is 2.50 bits per heavy atom. The third-order valence-electron chi connectivity index (χ3n) is 4.96. The zero-order valence-electron chi connectivity index (χ0n) is 15.9. The third-order valence-corrected chi connectivity index (χ3v) is 5.89. The molecule has 1 saturated heterocycles. The van der Waals surface area contributed by atoms with Crippen LogP contribution in [-0.4, -0.2) is 53.4 Å². The maximum Gasteiger partial charge on any atom is 0.240 e. The summed E-state index contributed by atoms with van der Waals surface area (Å²) in [5, 5.41) is 3.68. The molecule has 0 radical (unpaired) electrons. The topological polar surface area (TPSA) is 48.5 Å². The molecule has 2 heterocycles.